The number of hydrogen-bond acceptors (Lipinski definition) is 5. The highest BCUT2D eigenvalue weighted by atomic mass is 16.6. The number of ether oxygens (including phenoxy) is 1. The molecule has 26 heavy (non-hydrogen) atoms. The molecule has 0 spiro atoms. The van der Waals surface area contributed by atoms with Crippen LogP contribution >= 0.6 is 0 Å². The Bertz CT molecular complexity index is 725. The molecule has 0 aliphatic heterocycles. The molecular weight excluding hydrogens is 330 g/mol. The van der Waals surface area contributed by atoms with Crippen LogP contribution in [0, 0.1) is 5.41 Å². The Morgan fingerprint density at radius 2 is 1.88 bits per heavy atom. The Morgan fingerprint density at radius 1 is 1.23 bits per heavy atom. The topological polar surface area (TPSA) is 67.6 Å². The zero-order chi connectivity index (χ0) is 19.4. The van der Waals surface area contributed by atoms with Gasteiger partial charge in [-0.1, -0.05) is 49.3 Å². The minimum atomic E-state index is -0.990. The summed E-state index contributed by atoms with van der Waals surface area (Å²) in [5.41, 5.74) is 0.256. The molecule has 1 aromatic carbocycles. The van der Waals surface area contributed by atoms with Crippen LogP contribution in [0.15, 0.2) is 40.9 Å². The zero-order valence-corrected chi connectivity index (χ0v) is 16.5. The summed E-state index contributed by atoms with van der Waals surface area (Å²) in [5, 5.41) is 6.90. The summed E-state index contributed by atoms with van der Waals surface area (Å²) in [7, 11) is 3.98. The van der Waals surface area contributed by atoms with E-state index in [1.165, 1.54) is 0 Å². The van der Waals surface area contributed by atoms with Gasteiger partial charge in [-0.2, -0.15) is 0 Å². The second-order valence-corrected chi connectivity index (χ2v) is 7.52. The van der Waals surface area contributed by atoms with Crippen LogP contribution < -0.4 is 5.32 Å². The molecule has 2 rings (SSSR count). The van der Waals surface area contributed by atoms with Gasteiger partial charge in [-0.3, -0.25) is 0 Å². The molecule has 1 N–H and O–H groups in total. The standard InChI is InChI=1S/C20H29N3O3/c1-7-21-18(24)25-20(4,19(2,3)14-23(5)6)17-13-16(22-26-17)15-11-9-8-10-12-15/h8-13H,7,14H2,1-6H3,(H,21,24). The van der Waals surface area contributed by atoms with Gasteiger partial charge in [0.05, 0.1) is 0 Å². The fraction of sp³-hybridized carbons (Fsp3) is 0.500. The molecule has 142 valence electrons. The van der Waals surface area contributed by atoms with Crippen LogP contribution in [0.3, 0.4) is 0 Å². The molecule has 1 heterocycles. The fourth-order valence-corrected chi connectivity index (χ4v) is 3.07. The van der Waals surface area contributed by atoms with Crippen molar-refractivity contribution < 1.29 is 14.1 Å². The number of rotatable bonds is 7. The van der Waals surface area contributed by atoms with E-state index in [0.29, 0.717) is 24.5 Å². The summed E-state index contributed by atoms with van der Waals surface area (Å²) in [6, 6.07) is 11.6. The number of carbonyl (C=O) groups excluding carboxylic acids is 1. The third-order valence-electron chi connectivity index (χ3n) is 4.67. The average molecular weight is 359 g/mol. The van der Waals surface area contributed by atoms with Crippen LogP contribution in [0.2, 0.25) is 0 Å². The van der Waals surface area contributed by atoms with Gasteiger partial charge in [0, 0.05) is 30.1 Å². The molecule has 0 bridgehead atoms. The highest BCUT2D eigenvalue weighted by Crippen LogP contribution is 2.44. The summed E-state index contributed by atoms with van der Waals surface area (Å²) in [6.07, 6.45) is -0.473. The van der Waals surface area contributed by atoms with Gasteiger partial charge in [-0.25, -0.2) is 4.79 Å². The third kappa shape index (κ3) is 4.25. The SMILES string of the molecule is CCNC(=O)OC(C)(c1cc(-c2ccccc2)no1)C(C)(C)CN(C)C. The molecule has 0 radical (unpaired) electrons. The maximum absolute atomic E-state index is 12.2. The van der Waals surface area contributed by atoms with Gasteiger partial charge in [0.25, 0.3) is 0 Å². The number of aromatic nitrogens is 1. The molecule has 0 saturated carbocycles. The van der Waals surface area contributed by atoms with E-state index < -0.39 is 17.1 Å². The van der Waals surface area contributed by atoms with Gasteiger partial charge < -0.3 is 19.5 Å². The average Bonchev–Trinajstić information content (AvgIpc) is 3.05. The molecule has 1 aromatic heterocycles. The summed E-state index contributed by atoms with van der Waals surface area (Å²) in [6.45, 7) is 9.03. The second kappa shape index (κ2) is 7.91. The van der Waals surface area contributed by atoms with Crippen LogP contribution in [0.4, 0.5) is 4.79 Å². The lowest BCUT2D eigenvalue weighted by atomic mass is 9.73. The van der Waals surface area contributed by atoms with Gasteiger partial charge in [-0.05, 0) is 27.9 Å². The minimum absolute atomic E-state index is 0.422. The summed E-state index contributed by atoms with van der Waals surface area (Å²) in [5.74, 6) is 0.523. The first kappa shape index (κ1) is 20.0. The van der Waals surface area contributed by atoms with E-state index in [-0.39, 0.29) is 0 Å². The first-order valence-electron chi connectivity index (χ1n) is 8.84. The van der Waals surface area contributed by atoms with E-state index >= 15 is 0 Å². The second-order valence-electron chi connectivity index (χ2n) is 7.52. The smallest absolute Gasteiger partial charge is 0.408 e. The molecule has 2 aromatic rings. The Hall–Kier alpha value is -2.34. The van der Waals surface area contributed by atoms with E-state index in [2.05, 4.69) is 29.2 Å². The molecule has 0 aliphatic carbocycles. The maximum atomic E-state index is 12.2. The van der Waals surface area contributed by atoms with Crippen molar-refractivity contribution >= 4 is 6.09 Å². The predicted molar refractivity (Wildman–Crippen MR) is 102 cm³/mol. The molecule has 1 atom stereocenters. The minimum Gasteiger partial charge on any atom is -0.434 e. The predicted octanol–water partition coefficient (Wildman–Crippen LogP) is 3.89. The van der Waals surface area contributed by atoms with Crippen molar-refractivity contribution in [2.75, 3.05) is 27.2 Å². The molecule has 0 saturated heterocycles. The van der Waals surface area contributed by atoms with E-state index in [1.54, 1.807) is 0 Å². The van der Waals surface area contributed by atoms with Crippen LogP contribution in [-0.4, -0.2) is 43.3 Å². The molecular formula is C20H29N3O3. The van der Waals surface area contributed by atoms with Crippen LogP contribution in [-0.2, 0) is 10.3 Å². The third-order valence-corrected chi connectivity index (χ3v) is 4.67. The van der Waals surface area contributed by atoms with E-state index in [9.17, 15) is 4.79 Å². The molecule has 0 aliphatic rings. The quantitative estimate of drug-likeness (QED) is 0.812. The zero-order valence-electron chi connectivity index (χ0n) is 16.5. The lowest BCUT2D eigenvalue weighted by molar-refractivity contribution is -0.0924. The highest BCUT2D eigenvalue weighted by molar-refractivity contribution is 5.68. The van der Waals surface area contributed by atoms with Gasteiger partial charge >= 0.3 is 6.09 Å². The van der Waals surface area contributed by atoms with Gasteiger partial charge in [0.15, 0.2) is 11.4 Å². The van der Waals surface area contributed by atoms with Crippen molar-refractivity contribution in [3.05, 3.63) is 42.2 Å². The largest absolute Gasteiger partial charge is 0.434 e. The van der Waals surface area contributed by atoms with Crippen LogP contribution in [0.25, 0.3) is 11.3 Å². The number of carbonyl (C=O) groups is 1. The number of benzene rings is 1. The maximum Gasteiger partial charge on any atom is 0.408 e. The number of nitrogens with zero attached hydrogens (tertiary/aromatic N) is 2. The summed E-state index contributed by atoms with van der Waals surface area (Å²) in [4.78, 5) is 14.3. The Labute approximate surface area is 155 Å². The van der Waals surface area contributed by atoms with Crippen molar-refractivity contribution in [2.45, 2.75) is 33.3 Å². The van der Waals surface area contributed by atoms with Crippen molar-refractivity contribution in [3.63, 3.8) is 0 Å². The van der Waals surface area contributed by atoms with Crippen LogP contribution in [0.5, 0.6) is 0 Å². The first-order chi connectivity index (χ1) is 12.2. The number of amides is 1. The molecule has 1 amide bonds. The molecule has 1 unspecified atom stereocenters. The van der Waals surface area contributed by atoms with Crippen molar-refractivity contribution in [2.24, 2.45) is 5.41 Å². The number of nitrogens with one attached hydrogen (secondary N) is 1. The Kier molecular flexibility index (Phi) is 6.08. The molecule has 6 nitrogen and oxygen atoms in total. The summed E-state index contributed by atoms with van der Waals surface area (Å²) >= 11 is 0. The van der Waals surface area contributed by atoms with E-state index in [0.717, 1.165) is 5.56 Å². The first-order valence-corrected chi connectivity index (χ1v) is 8.84. The van der Waals surface area contributed by atoms with Gasteiger partial charge in [-0.15, -0.1) is 0 Å². The van der Waals surface area contributed by atoms with E-state index in [4.69, 9.17) is 9.26 Å². The number of alkyl carbamates (subject to hydrolysis) is 1. The van der Waals surface area contributed by atoms with Gasteiger partial charge in [0.1, 0.15) is 5.69 Å². The van der Waals surface area contributed by atoms with E-state index in [1.807, 2.05) is 64.3 Å². The van der Waals surface area contributed by atoms with Gasteiger partial charge in [0.2, 0.25) is 0 Å². The van der Waals surface area contributed by atoms with Crippen LogP contribution in [0.1, 0.15) is 33.5 Å². The van der Waals surface area contributed by atoms with Crippen molar-refractivity contribution in [3.8, 4) is 11.3 Å². The number of hydrogen-bond donors (Lipinski definition) is 1. The Balaban J connectivity index is 2.43. The van der Waals surface area contributed by atoms with Crippen molar-refractivity contribution in [1.29, 1.82) is 0 Å². The fourth-order valence-electron chi connectivity index (χ4n) is 3.07. The lowest BCUT2D eigenvalue weighted by Crippen LogP contribution is -2.49. The summed E-state index contributed by atoms with van der Waals surface area (Å²) < 4.78 is 11.5. The molecule has 6 heteroatoms. The van der Waals surface area contributed by atoms with Crippen molar-refractivity contribution in [1.82, 2.24) is 15.4 Å². The Morgan fingerprint density at radius 3 is 2.46 bits per heavy atom. The lowest BCUT2D eigenvalue weighted by Gasteiger charge is -2.42. The highest BCUT2D eigenvalue weighted by Gasteiger charge is 2.49. The normalized spacial score (nSPS) is 14.1. The molecule has 0 fully saturated rings. The monoisotopic (exact) mass is 359 g/mol.